The maximum absolute atomic E-state index is 10.2. The molecule has 0 unspecified atom stereocenters. The van der Waals surface area contributed by atoms with Crippen molar-refractivity contribution in [3.63, 3.8) is 0 Å². The van der Waals surface area contributed by atoms with Crippen molar-refractivity contribution in [2.45, 2.75) is 13.0 Å². The monoisotopic (exact) mass is 468 g/mol. The summed E-state index contributed by atoms with van der Waals surface area (Å²) in [6.45, 7) is 6.46. The molecule has 0 aliphatic carbocycles. The fourth-order valence-electron chi connectivity index (χ4n) is 2.96. The molecular formula is C17H23BrCl2N2O2S. The Morgan fingerprint density at radius 2 is 2.04 bits per heavy atom. The van der Waals surface area contributed by atoms with Crippen LogP contribution in [0.1, 0.15) is 23.4 Å². The SMILES string of the molecule is CCOc1cc([C@H](c2cccs2)N2CCNCC2)cc(Br)c1O.Cl.Cl. The van der Waals surface area contributed by atoms with Gasteiger partial charge in [-0.15, -0.1) is 36.2 Å². The summed E-state index contributed by atoms with van der Waals surface area (Å²) in [5, 5.41) is 15.7. The fourth-order valence-corrected chi connectivity index (χ4v) is 4.30. The van der Waals surface area contributed by atoms with Gasteiger partial charge in [0.1, 0.15) is 0 Å². The van der Waals surface area contributed by atoms with Gasteiger partial charge in [0.2, 0.25) is 0 Å². The van der Waals surface area contributed by atoms with E-state index in [0.29, 0.717) is 16.8 Å². The molecule has 0 bridgehead atoms. The Labute approximate surface area is 173 Å². The van der Waals surface area contributed by atoms with E-state index in [1.807, 2.05) is 19.1 Å². The summed E-state index contributed by atoms with van der Waals surface area (Å²) in [5.74, 6) is 0.703. The van der Waals surface area contributed by atoms with Crippen LogP contribution in [0.3, 0.4) is 0 Å². The highest BCUT2D eigenvalue weighted by Gasteiger charge is 2.26. The van der Waals surface area contributed by atoms with Crippen molar-refractivity contribution in [2.24, 2.45) is 0 Å². The van der Waals surface area contributed by atoms with Crippen molar-refractivity contribution in [1.29, 1.82) is 0 Å². The molecule has 1 aromatic carbocycles. The second kappa shape index (κ2) is 10.6. The van der Waals surface area contributed by atoms with Crippen LogP contribution in [0, 0.1) is 0 Å². The summed E-state index contributed by atoms with van der Waals surface area (Å²) in [6, 6.07) is 8.43. The van der Waals surface area contributed by atoms with Crippen molar-refractivity contribution in [1.82, 2.24) is 10.2 Å². The molecule has 3 rings (SSSR count). The van der Waals surface area contributed by atoms with Crippen LogP contribution < -0.4 is 10.1 Å². The maximum atomic E-state index is 10.2. The van der Waals surface area contributed by atoms with Crippen LogP contribution in [0.5, 0.6) is 11.5 Å². The van der Waals surface area contributed by atoms with Crippen LogP contribution in [0.15, 0.2) is 34.1 Å². The van der Waals surface area contributed by atoms with E-state index < -0.39 is 0 Å². The molecular weight excluding hydrogens is 447 g/mol. The van der Waals surface area contributed by atoms with Gasteiger partial charge in [-0.3, -0.25) is 4.90 Å². The minimum absolute atomic E-state index is 0. The lowest BCUT2D eigenvalue weighted by Crippen LogP contribution is -2.45. The first-order chi connectivity index (χ1) is 11.2. The molecule has 1 aromatic heterocycles. The van der Waals surface area contributed by atoms with E-state index in [1.54, 1.807) is 11.3 Å². The number of hydrogen-bond donors (Lipinski definition) is 2. The number of rotatable bonds is 5. The van der Waals surface area contributed by atoms with Crippen LogP contribution >= 0.6 is 52.1 Å². The summed E-state index contributed by atoms with van der Waals surface area (Å²) in [6.07, 6.45) is 0. The van der Waals surface area contributed by atoms with Crippen molar-refractivity contribution in [3.8, 4) is 11.5 Å². The first-order valence-corrected chi connectivity index (χ1v) is 9.51. The number of phenolic OH excluding ortho intramolecular Hbond substituents is 1. The molecule has 2 heterocycles. The molecule has 140 valence electrons. The highest BCUT2D eigenvalue weighted by Crippen LogP contribution is 2.41. The van der Waals surface area contributed by atoms with Gasteiger partial charge in [-0.05, 0) is 52.0 Å². The number of thiophene rings is 1. The molecule has 25 heavy (non-hydrogen) atoms. The van der Waals surface area contributed by atoms with Gasteiger partial charge in [0.15, 0.2) is 11.5 Å². The van der Waals surface area contributed by atoms with Gasteiger partial charge in [0, 0.05) is 31.1 Å². The molecule has 1 saturated heterocycles. The Balaban J connectivity index is 0.00000156. The minimum Gasteiger partial charge on any atom is -0.503 e. The lowest BCUT2D eigenvalue weighted by Gasteiger charge is -2.35. The van der Waals surface area contributed by atoms with Gasteiger partial charge >= 0.3 is 0 Å². The Hall–Kier alpha value is -0.500. The summed E-state index contributed by atoms with van der Waals surface area (Å²) in [4.78, 5) is 3.79. The van der Waals surface area contributed by atoms with Crippen molar-refractivity contribution < 1.29 is 9.84 Å². The Bertz CT molecular complexity index is 652. The molecule has 0 amide bonds. The van der Waals surface area contributed by atoms with Gasteiger partial charge in [-0.1, -0.05) is 6.07 Å². The van der Waals surface area contributed by atoms with E-state index in [1.165, 1.54) is 4.88 Å². The molecule has 0 radical (unpaired) electrons. The third-order valence-electron chi connectivity index (χ3n) is 4.00. The lowest BCUT2D eigenvalue weighted by molar-refractivity contribution is 0.200. The number of nitrogens with one attached hydrogen (secondary N) is 1. The summed E-state index contributed by atoms with van der Waals surface area (Å²) >= 11 is 5.23. The molecule has 2 N–H and O–H groups in total. The van der Waals surface area contributed by atoms with Gasteiger partial charge < -0.3 is 15.2 Å². The number of benzene rings is 1. The third kappa shape index (κ3) is 5.25. The third-order valence-corrected chi connectivity index (χ3v) is 5.52. The standard InChI is InChI=1S/C17H21BrN2O2S.2ClH/c1-2-22-14-11-12(10-13(18)17(14)21)16(15-4-3-9-23-15)20-7-5-19-6-8-20;;/h3-4,9-11,16,19,21H,2,5-8H2,1H3;2*1H/t16-;;/m1../s1. The maximum Gasteiger partial charge on any atom is 0.172 e. The van der Waals surface area contributed by atoms with Crippen molar-refractivity contribution >= 4 is 52.1 Å². The average Bonchev–Trinajstić information content (AvgIpc) is 3.08. The molecule has 1 fully saturated rings. The number of hydrogen-bond acceptors (Lipinski definition) is 5. The average molecular weight is 470 g/mol. The number of piperazine rings is 1. The van der Waals surface area contributed by atoms with Gasteiger partial charge in [0.05, 0.1) is 17.1 Å². The van der Waals surface area contributed by atoms with Crippen LogP contribution in [0.2, 0.25) is 0 Å². The van der Waals surface area contributed by atoms with Crippen molar-refractivity contribution in [2.75, 3.05) is 32.8 Å². The largest absolute Gasteiger partial charge is 0.503 e. The van der Waals surface area contributed by atoms with Gasteiger partial charge in [-0.25, -0.2) is 0 Å². The number of aromatic hydroxyl groups is 1. The highest BCUT2D eigenvalue weighted by atomic mass is 79.9. The molecule has 4 nitrogen and oxygen atoms in total. The van der Waals surface area contributed by atoms with E-state index >= 15 is 0 Å². The topological polar surface area (TPSA) is 44.7 Å². The van der Waals surface area contributed by atoms with Crippen LogP contribution in [-0.2, 0) is 0 Å². The summed E-state index contributed by atoms with van der Waals surface area (Å²) < 4.78 is 6.28. The fraction of sp³-hybridized carbons (Fsp3) is 0.412. The summed E-state index contributed by atoms with van der Waals surface area (Å²) in [7, 11) is 0. The van der Waals surface area contributed by atoms with Gasteiger partial charge in [-0.2, -0.15) is 0 Å². The number of nitrogens with zero attached hydrogens (tertiary/aromatic N) is 1. The van der Waals surface area contributed by atoms with E-state index in [-0.39, 0.29) is 36.6 Å². The first kappa shape index (κ1) is 22.5. The zero-order chi connectivity index (χ0) is 16.2. The zero-order valence-electron chi connectivity index (χ0n) is 13.9. The minimum atomic E-state index is 0. The van der Waals surface area contributed by atoms with Crippen LogP contribution in [-0.4, -0.2) is 42.8 Å². The molecule has 0 spiro atoms. The van der Waals surface area contributed by atoms with E-state index in [0.717, 1.165) is 31.7 Å². The van der Waals surface area contributed by atoms with E-state index in [9.17, 15) is 5.11 Å². The molecule has 1 aliphatic rings. The quantitative estimate of drug-likeness (QED) is 0.678. The predicted molar refractivity (Wildman–Crippen MR) is 112 cm³/mol. The van der Waals surface area contributed by atoms with Crippen molar-refractivity contribution in [3.05, 3.63) is 44.6 Å². The Morgan fingerprint density at radius 1 is 1.32 bits per heavy atom. The zero-order valence-corrected chi connectivity index (χ0v) is 17.9. The second-order valence-electron chi connectivity index (χ2n) is 5.49. The lowest BCUT2D eigenvalue weighted by atomic mass is 10.0. The van der Waals surface area contributed by atoms with E-state index in [4.69, 9.17) is 4.74 Å². The Morgan fingerprint density at radius 3 is 2.64 bits per heavy atom. The van der Waals surface area contributed by atoms with Crippen LogP contribution in [0.4, 0.5) is 0 Å². The second-order valence-corrected chi connectivity index (χ2v) is 7.32. The number of phenols is 1. The molecule has 2 aromatic rings. The van der Waals surface area contributed by atoms with Gasteiger partial charge in [0.25, 0.3) is 0 Å². The summed E-state index contributed by atoms with van der Waals surface area (Å²) in [5.41, 5.74) is 1.14. The number of halogens is 3. The van der Waals surface area contributed by atoms with Crippen LogP contribution in [0.25, 0.3) is 0 Å². The molecule has 8 heteroatoms. The molecule has 1 aliphatic heterocycles. The predicted octanol–water partition coefficient (Wildman–Crippen LogP) is 4.45. The first-order valence-electron chi connectivity index (χ1n) is 7.84. The number of ether oxygens (including phenoxy) is 1. The van der Waals surface area contributed by atoms with E-state index in [2.05, 4.69) is 43.7 Å². The molecule has 1 atom stereocenters. The Kier molecular flexibility index (Phi) is 9.56. The smallest absolute Gasteiger partial charge is 0.172 e. The highest BCUT2D eigenvalue weighted by molar-refractivity contribution is 9.10. The molecule has 0 saturated carbocycles. The normalized spacial score (nSPS) is 15.8.